The summed E-state index contributed by atoms with van der Waals surface area (Å²) in [5.74, 6) is -0.329. The summed E-state index contributed by atoms with van der Waals surface area (Å²) in [5.41, 5.74) is 1.32. The second-order valence-corrected chi connectivity index (χ2v) is 7.72. The van der Waals surface area contributed by atoms with E-state index in [9.17, 15) is 9.18 Å². The van der Waals surface area contributed by atoms with Gasteiger partial charge in [0.1, 0.15) is 5.82 Å². The summed E-state index contributed by atoms with van der Waals surface area (Å²) in [6.45, 7) is 6.76. The van der Waals surface area contributed by atoms with E-state index in [1.807, 2.05) is 11.0 Å². The fourth-order valence-electron chi connectivity index (χ4n) is 4.40. The zero-order valence-electron chi connectivity index (χ0n) is 15.8. The fourth-order valence-corrected chi connectivity index (χ4v) is 4.40. The molecular weight excluding hydrogens is 347 g/mol. The number of hydrogen-bond acceptors (Lipinski definition) is 4. The van der Waals surface area contributed by atoms with E-state index in [1.54, 1.807) is 0 Å². The first-order valence-electron chi connectivity index (χ1n) is 10.1. The van der Waals surface area contributed by atoms with Crippen molar-refractivity contribution < 1.29 is 13.9 Å². The van der Waals surface area contributed by atoms with Crippen LogP contribution in [0, 0.1) is 5.82 Å². The second kappa shape index (κ2) is 8.44. The normalized spacial score (nSPS) is 23.8. The molecule has 1 unspecified atom stereocenters. The molecule has 1 aromatic rings. The average molecular weight is 376 g/mol. The molecule has 1 atom stereocenters. The van der Waals surface area contributed by atoms with Crippen LogP contribution in [0.15, 0.2) is 18.2 Å². The second-order valence-electron chi connectivity index (χ2n) is 7.72. The van der Waals surface area contributed by atoms with Crippen LogP contribution in [0.3, 0.4) is 0 Å². The van der Waals surface area contributed by atoms with Crippen molar-refractivity contribution in [1.29, 1.82) is 0 Å². The lowest BCUT2D eigenvalue weighted by atomic mass is 10.2. The Hall–Kier alpha value is -1.86. The zero-order valence-corrected chi connectivity index (χ0v) is 15.8. The Kier molecular flexibility index (Phi) is 5.78. The predicted molar refractivity (Wildman–Crippen MR) is 104 cm³/mol. The van der Waals surface area contributed by atoms with Crippen molar-refractivity contribution in [3.8, 4) is 0 Å². The molecule has 3 heterocycles. The number of amides is 2. The van der Waals surface area contributed by atoms with E-state index in [2.05, 4.69) is 15.1 Å². The lowest BCUT2D eigenvalue weighted by Gasteiger charge is -2.30. The van der Waals surface area contributed by atoms with Crippen molar-refractivity contribution in [3.63, 3.8) is 0 Å². The maximum absolute atomic E-state index is 14.1. The summed E-state index contributed by atoms with van der Waals surface area (Å²) in [7, 11) is 0. The highest BCUT2D eigenvalue weighted by molar-refractivity contribution is 5.90. The number of morpholine rings is 1. The van der Waals surface area contributed by atoms with Crippen LogP contribution < -0.4 is 10.2 Å². The van der Waals surface area contributed by atoms with Gasteiger partial charge in [-0.1, -0.05) is 0 Å². The quantitative estimate of drug-likeness (QED) is 0.878. The topological polar surface area (TPSA) is 48.1 Å². The van der Waals surface area contributed by atoms with Gasteiger partial charge >= 0.3 is 6.03 Å². The van der Waals surface area contributed by atoms with Gasteiger partial charge in [0, 0.05) is 43.6 Å². The number of anilines is 2. The van der Waals surface area contributed by atoms with Gasteiger partial charge in [0.2, 0.25) is 0 Å². The molecular formula is C20H29FN4O2. The molecule has 0 spiro atoms. The molecule has 2 amide bonds. The van der Waals surface area contributed by atoms with Crippen molar-refractivity contribution >= 4 is 17.4 Å². The molecule has 4 rings (SSSR count). The summed E-state index contributed by atoms with van der Waals surface area (Å²) in [6.07, 6.45) is 4.60. The van der Waals surface area contributed by atoms with Crippen molar-refractivity contribution in [1.82, 2.24) is 9.80 Å². The Morgan fingerprint density at radius 1 is 1.07 bits per heavy atom. The number of halogens is 1. The molecule has 0 radical (unpaired) electrons. The number of likely N-dealkylation sites (tertiary alicyclic amines) is 2. The fraction of sp³-hybridized carbons (Fsp3) is 0.650. The van der Waals surface area contributed by atoms with Gasteiger partial charge in [-0.25, -0.2) is 9.18 Å². The smallest absolute Gasteiger partial charge is 0.322 e. The Balaban J connectivity index is 1.41. The summed E-state index contributed by atoms with van der Waals surface area (Å²) in [5, 5.41) is 2.93. The summed E-state index contributed by atoms with van der Waals surface area (Å²) in [4.78, 5) is 19.3. The number of carbonyl (C=O) groups excluding carboxylic acids is 1. The molecule has 1 aromatic carbocycles. The predicted octanol–water partition coefficient (Wildman–Crippen LogP) is 2.75. The minimum atomic E-state index is -0.329. The monoisotopic (exact) mass is 376 g/mol. The molecule has 27 heavy (non-hydrogen) atoms. The molecule has 148 valence electrons. The van der Waals surface area contributed by atoms with Gasteiger partial charge in [0.05, 0.1) is 13.2 Å². The molecule has 0 aliphatic carbocycles. The molecule has 0 aromatic heterocycles. The maximum Gasteiger partial charge on any atom is 0.322 e. The highest BCUT2D eigenvalue weighted by Gasteiger charge is 2.31. The van der Waals surface area contributed by atoms with Gasteiger partial charge in [0.15, 0.2) is 0 Å². The van der Waals surface area contributed by atoms with Crippen LogP contribution in [0.1, 0.15) is 25.7 Å². The first kappa shape index (κ1) is 18.5. The van der Waals surface area contributed by atoms with Crippen LogP contribution in [0.5, 0.6) is 0 Å². The number of hydrogen-bond donors (Lipinski definition) is 1. The van der Waals surface area contributed by atoms with Gasteiger partial charge in [-0.2, -0.15) is 0 Å². The van der Waals surface area contributed by atoms with Crippen molar-refractivity contribution in [3.05, 3.63) is 24.0 Å². The standard InChI is InChI=1S/C20H29FN4O2/c21-16-12-17(14-19(13-16)24-8-10-27-11-9-24)22-20(26)25-7-3-4-18(25)15-23-5-1-2-6-23/h12-14,18H,1-11,15H2,(H,22,26). The highest BCUT2D eigenvalue weighted by atomic mass is 19.1. The van der Waals surface area contributed by atoms with Crippen LogP contribution in [0.25, 0.3) is 0 Å². The zero-order chi connectivity index (χ0) is 18.6. The Labute approximate surface area is 160 Å². The van der Waals surface area contributed by atoms with Crippen molar-refractivity contribution in [2.75, 3.05) is 62.7 Å². The molecule has 3 saturated heterocycles. The maximum atomic E-state index is 14.1. The Bertz CT molecular complexity index is 659. The number of urea groups is 1. The van der Waals surface area contributed by atoms with E-state index in [-0.39, 0.29) is 17.9 Å². The number of ether oxygens (including phenoxy) is 1. The van der Waals surface area contributed by atoms with Gasteiger partial charge in [0.25, 0.3) is 0 Å². The molecule has 3 fully saturated rings. The first-order chi connectivity index (χ1) is 13.2. The van der Waals surface area contributed by atoms with E-state index in [4.69, 9.17) is 4.74 Å². The Morgan fingerprint density at radius 2 is 1.85 bits per heavy atom. The van der Waals surface area contributed by atoms with E-state index < -0.39 is 0 Å². The average Bonchev–Trinajstić information content (AvgIpc) is 3.34. The number of nitrogens with zero attached hydrogens (tertiary/aromatic N) is 3. The molecule has 3 aliphatic rings. The van der Waals surface area contributed by atoms with Crippen LogP contribution in [-0.2, 0) is 4.74 Å². The van der Waals surface area contributed by atoms with Crippen LogP contribution >= 0.6 is 0 Å². The number of rotatable bonds is 4. The third kappa shape index (κ3) is 4.52. The summed E-state index contributed by atoms with van der Waals surface area (Å²) < 4.78 is 19.5. The van der Waals surface area contributed by atoms with E-state index in [1.165, 1.54) is 25.0 Å². The van der Waals surface area contributed by atoms with Crippen LogP contribution in [0.2, 0.25) is 0 Å². The minimum absolute atomic E-state index is 0.116. The van der Waals surface area contributed by atoms with Gasteiger partial charge < -0.3 is 24.8 Å². The lowest BCUT2D eigenvalue weighted by Crippen LogP contribution is -2.44. The Morgan fingerprint density at radius 3 is 2.63 bits per heavy atom. The third-order valence-electron chi connectivity index (χ3n) is 5.82. The third-order valence-corrected chi connectivity index (χ3v) is 5.82. The van der Waals surface area contributed by atoms with Crippen LogP contribution in [-0.4, -0.2) is 74.4 Å². The van der Waals surface area contributed by atoms with E-state index in [0.29, 0.717) is 18.9 Å². The highest BCUT2D eigenvalue weighted by Crippen LogP contribution is 2.25. The van der Waals surface area contributed by atoms with E-state index in [0.717, 1.165) is 57.8 Å². The number of benzene rings is 1. The van der Waals surface area contributed by atoms with Crippen LogP contribution in [0.4, 0.5) is 20.6 Å². The van der Waals surface area contributed by atoms with Crippen molar-refractivity contribution in [2.45, 2.75) is 31.7 Å². The van der Waals surface area contributed by atoms with E-state index >= 15 is 0 Å². The number of carbonyl (C=O) groups is 1. The first-order valence-corrected chi connectivity index (χ1v) is 10.1. The lowest BCUT2D eigenvalue weighted by molar-refractivity contribution is 0.122. The molecule has 6 nitrogen and oxygen atoms in total. The number of nitrogens with one attached hydrogen (secondary N) is 1. The van der Waals surface area contributed by atoms with Gasteiger partial charge in [-0.3, -0.25) is 0 Å². The molecule has 7 heteroatoms. The molecule has 3 aliphatic heterocycles. The summed E-state index contributed by atoms with van der Waals surface area (Å²) in [6, 6.07) is 4.92. The van der Waals surface area contributed by atoms with Crippen molar-refractivity contribution in [2.24, 2.45) is 0 Å². The molecule has 0 bridgehead atoms. The van der Waals surface area contributed by atoms with Gasteiger partial charge in [-0.05, 0) is 57.0 Å². The largest absolute Gasteiger partial charge is 0.378 e. The molecule has 0 saturated carbocycles. The summed E-state index contributed by atoms with van der Waals surface area (Å²) >= 11 is 0. The minimum Gasteiger partial charge on any atom is -0.378 e. The van der Waals surface area contributed by atoms with Gasteiger partial charge in [-0.15, -0.1) is 0 Å². The SMILES string of the molecule is O=C(Nc1cc(F)cc(N2CCOCC2)c1)N1CCCC1CN1CCCC1. The molecule has 1 N–H and O–H groups in total.